The average Bonchev–Trinajstić information content (AvgIpc) is 2.34. The molecule has 1 aromatic carbocycles. The van der Waals surface area contributed by atoms with Crippen LogP contribution in [0.3, 0.4) is 0 Å². The van der Waals surface area contributed by atoms with Crippen molar-refractivity contribution in [2.45, 2.75) is 12.5 Å². The van der Waals surface area contributed by atoms with E-state index < -0.39 is 6.04 Å². The minimum atomic E-state index is -0.651. The lowest BCUT2D eigenvalue weighted by atomic mass is 10.1. The van der Waals surface area contributed by atoms with Crippen LogP contribution in [0.15, 0.2) is 43.0 Å². The summed E-state index contributed by atoms with van der Waals surface area (Å²) in [5, 5.41) is 2.63. The Morgan fingerprint density at radius 3 is 2.75 bits per heavy atom. The SMILES string of the molecule is [C-]#[N+]C(Cc1ccccc1)C(=O)NCC=C. The fraction of sp³-hybridized carbons (Fsp3) is 0.231. The second-order valence-electron chi connectivity index (χ2n) is 3.37. The van der Waals surface area contributed by atoms with Gasteiger partial charge in [-0.2, -0.15) is 0 Å². The van der Waals surface area contributed by atoms with E-state index >= 15 is 0 Å². The molecule has 3 nitrogen and oxygen atoms in total. The Kier molecular flexibility index (Phi) is 4.81. The smallest absolute Gasteiger partial charge is 0.304 e. The number of amides is 1. The summed E-state index contributed by atoms with van der Waals surface area (Å²) in [6.07, 6.45) is 2.05. The molecule has 0 saturated carbocycles. The van der Waals surface area contributed by atoms with Gasteiger partial charge in [-0.3, -0.25) is 4.79 Å². The monoisotopic (exact) mass is 214 g/mol. The van der Waals surface area contributed by atoms with E-state index in [2.05, 4.69) is 16.7 Å². The molecular formula is C13H14N2O. The molecule has 0 aliphatic rings. The van der Waals surface area contributed by atoms with E-state index in [1.807, 2.05) is 30.3 Å². The molecule has 0 aliphatic carbocycles. The second kappa shape index (κ2) is 6.41. The zero-order chi connectivity index (χ0) is 11.8. The second-order valence-corrected chi connectivity index (χ2v) is 3.37. The van der Waals surface area contributed by atoms with E-state index in [4.69, 9.17) is 6.57 Å². The molecule has 0 bridgehead atoms. The standard InChI is InChI=1S/C13H14N2O/c1-3-9-15-13(16)12(14-2)10-11-7-5-4-6-8-11/h3-8,12H,1,9-10H2,(H,15,16). The molecule has 16 heavy (non-hydrogen) atoms. The van der Waals surface area contributed by atoms with Crippen LogP contribution < -0.4 is 5.32 Å². The third-order valence-corrected chi connectivity index (χ3v) is 2.15. The first kappa shape index (κ1) is 12.0. The van der Waals surface area contributed by atoms with Gasteiger partial charge in [0.25, 0.3) is 0 Å². The Morgan fingerprint density at radius 2 is 2.19 bits per heavy atom. The van der Waals surface area contributed by atoms with Crippen molar-refractivity contribution in [1.29, 1.82) is 0 Å². The topological polar surface area (TPSA) is 33.5 Å². The van der Waals surface area contributed by atoms with Gasteiger partial charge < -0.3 is 10.2 Å². The normalized spacial score (nSPS) is 11.2. The molecule has 0 radical (unpaired) electrons. The molecule has 0 spiro atoms. The molecule has 1 N–H and O–H groups in total. The van der Waals surface area contributed by atoms with E-state index in [-0.39, 0.29) is 5.91 Å². The number of nitrogens with zero attached hydrogens (tertiary/aromatic N) is 1. The fourth-order valence-electron chi connectivity index (χ4n) is 1.32. The van der Waals surface area contributed by atoms with Gasteiger partial charge in [0.1, 0.15) is 0 Å². The molecule has 0 aromatic heterocycles. The Bertz CT molecular complexity index is 392. The minimum absolute atomic E-state index is 0.237. The summed E-state index contributed by atoms with van der Waals surface area (Å²) in [6, 6.07) is 8.89. The van der Waals surface area contributed by atoms with Gasteiger partial charge in [-0.1, -0.05) is 36.4 Å². The van der Waals surface area contributed by atoms with Crippen molar-refractivity contribution >= 4 is 5.91 Å². The van der Waals surface area contributed by atoms with Gasteiger partial charge in [0.2, 0.25) is 0 Å². The van der Waals surface area contributed by atoms with Gasteiger partial charge in [-0.05, 0) is 5.56 Å². The van der Waals surface area contributed by atoms with Gasteiger partial charge in [0, 0.05) is 6.54 Å². The van der Waals surface area contributed by atoms with E-state index in [1.54, 1.807) is 6.08 Å². The molecule has 82 valence electrons. The molecular weight excluding hydrogens is 200 g/mol. The molecule has 0 heterocycles. The van der Waals surface area contributed by atoms with E-state index in [0.717, 1.165) is 5.56 Å². The Labute approximate surface area is 95.6 Å². The van der Waals surface area contributed by atoms with E-state index in [0.29, 0.717) is 13.0 Å². The minimum Gasteiger partial charge on any atom is -0.346 e. The number of hydrogen-bond donors (Lipinski definition) is 1. The quantitative estimate of drug-likeness (QED) is 0.588. The Balaban J connectivity index is 2.59. The summed E-state index contributed by atoms with van der Waals surface area (Å²) < 4.78 is 0. The first-order valence-electron chi connectivity index (χ1n) is 5.07. The first-order chi connectivity index (χ1) is 7.77. The third kappa shape index (κ3) is 3.58. The predicted octanol–water partition coefficient (Wildman–Crippen LogP) is 1.82. The van der Waals surface area contributed by atoms with Crippen molar-refractivity contribution < 1.29 is 4.79 Å². The number of carbonyl (C=O) groups is 1. The van der Waals surface area contributed by atoms with Crippen molar-refractivity contribution in [3.8, 4) is 0 Å². The first-order valence-corrected chi connectivity index (χ1v) is 5.07. The van der Waals surface area contributed by atoms with Crippen molar-refractivity contribution in [2.24, 2.45) is 0 Å². The zero-order valence-electron chi connectivity index (χ0n) is 9.02. The van der Waals surface area contributed by atoms with Crippen LogP contribution in [-0.2, 0) is 11.2 Å². The van der Waals surface area contributed by atoms with E-state index in [9.17, 15) is 4.79 Å². The van der Waals surface area contributed by atoms with Crippen molar-refractivity contribution in [1.82, 2.24) is 5.32 Å². The summed E-state index contributed by atoms with van der Waals surface area (Å²) in [4.78, 5) is 14.9. The van der Waals surface area contributed by atoms with Crippen LogP contribution in [0.2, 0.25) is 0 Å². The maximum absolute atomic E-state index is 11.6. The van der Waals surface area contributed by atoms with Crippen LogP contribution in [-0.4, -0.2) is 18.5 Å². The molecule has 1 aromatic rings. The molecule has 0 fully saturated rings. The summed E-state index contributed by atoms with van der Waals surface area (Å²) in [7, 11) is 0. The molecule has 0 saturated heterocycles. The lowest BCUT2D eigenvalue weighted by molar-refractivity contribution is -0.121. The maximum atomic E-state index is 11.6. The summed E-state index contributed by atoms with van der Waals surface area (Å²) in [5.74, 6) is -0.237. The third-order valence-electron chi connectivity index (χ3n) is 2.15. The molecule has 0 aliphatic heterocycles. The highest BCUT2D eigenvalue weighted by molar-refractivity contribution is 5.83. The number of benzene rings is 1. The number of nitrogens with one attached hydrogen (secondary N) is 1. The van der Waals surface area contributed by atoms with Crippen molar-refractivity contribution in [3.05, 3.63) is 60.0 Å². The highest BCUT2D eigenvalue weighted by Gasteiger charge is 2.22. The zero-order valence-corrected chi connectivity index (χ0v) is 9.02. The largest absolute Gasteiger partial charge is 0.346 e. The van der Waals surface area contributed by atoms with Crippen LogP contribution in [0.1, 0.15) is 5.56 Å². The Morgan fingerprint density at radius 1 is 1.50 bits per heavy atom. The lowest BCUT2D eigenvalue weighted by Gasteiger charge is -2.05. The number of rotatable bonds is 5. The van der Waals surface area contributed by atoms with Crippen LogP contribution in [0.5, 0.6) is 0 Å². The summed E-state index contributed by atoms with van der Waals surface area (Å²) in [5.41, 5.74) is 0.997. The van der Waals surface area contributed by atoms with Gasteiger partial charge >= 0.3 is 11.9 Å². The van der Waals surface area contributed by atoms with Crippen LogP contribution >= 0.6 is 0 Å². The highest BCUT2D eigenvalue weighted by atomic mass is 16.2. The van der Waals surface area contributed by atoms with Crippen LogP contribution in [0.4, 0.5) is 0 Å². The molecule has 1 unspecified atom stereocenters. The Hall–Kier alpha value is -2.08. The van der Waals surface area contributed by atoms with Crippen molar-refractivity contribution in [2.75, 3.05) is 6.54 Å². The lowest BCUT2D eigenvalue weighted by Crippen LogP contribution is -2.34. The molecule has 1 atom stereocenters. The highest BCUT2D eigenvalue weighted by Crippen LogP contribution is 2.05. The summed E-state index contributed by atoms with van der Waals surface area (Å²) >= 11 is 0. The molecule has 1 rings (SSSR count). The number of carbonyl (C=O) groups excluding carboxylic acids is 1. The molecule has 1 amide bonds. The fourth-order valence-corrected chi connectivity index (χ4v) is 1.32. The van der Waals surface area contributed by atoms with Gasteiger partial charge in [0.05, 0.1) is 6.42 Å². The molecule has 3 heteroatoms. The van der Waals surface area contributed by atoms with Gasteiger partial charge in [0.15, 0.2) is 0 Å². The van der Waals surface area contributed by atoms with Crippen molar-refractivity contribution in [3.63, 3.8) is 0 Å². The summed E-state index contributed by atoms with van der Waals surface area (Å²) in [6.45, 7) is 10.9. The van der Waals surface area contributed by atoms with Crippen LogP contribution in [0.25, 0.3) is 4.85 Å². The average molecular weight is 214 g/mol. The predicted molar refractivity (Wildman–Crippen MR) is 63.7 cm³/mol. The van der Waals surface area contributed by atoms with Gasteiger partial charge in [-0.25, -0.2) is 6.57 Å². The van der Waals surface area contributed by atoms with Crippen LogP contribution in [0, 0.1) is 6.57 Å². The van der Waals surface area contributed by atoms with E-state index in [1.165, 1.54) is 0 Å². The maximum Gasteiger partial charge on any atom is 0.304 e. The van der Waals surface area contributed by atoms with Gasteiger partial charge in [-0.15, -0.1) is 6.58 Å². The number of hydrogen-bond acceptors (Lipinski definition) is 1.